The van der Waals surface area contributed by atoms with E-state index in [-0.39, 0.29) is 5.91 Å². The minimum absolute atomic E-state index is 0.0848. The number of amides is 1. The summed E-state index contributed by atoms with van der Waals surface area (Å²) >= 11 is 0. The van der Waals surface area contributed by atoms with Crippen LogP contribution >= 0.6 is 0 Å². The number of anilines is 1. The number of rotatable bonds is 5. The Morgan fingerprint density at radius 2 is 1.92 bits per heavy atom. The van der Waals surface area contributed by atoms with Gasteiger partial charge in [0.15, 0.2) is 0 Å². The van der Waals surface area contributed by atoms with Crippen LogP contribution in [-0.2, 0) is 11.2 Å². The van der Waals surface area contributed by atoms with E-state index in [9.17, 15) is 4.79 Å². The third kappa shape index (κ3) is 3.72. The molecule has 0 atom stereocenters. The maximum atomic E-state index is 12.3. The summed E-state index contributed by atoms with van der Waals surface area (Å²) in [6, 6.07) is 20.9. The number of pyridine rings is 1. The highest BCUT2D eigenvalue weighted by Crippen LogP contribution is 2.20. The molecule has 0 aliphatic rings. The van der Waals surface area contributed by atoms with Crippen molar-refractivity contribution in [2.45, 2.75) is 6.42 Å². The molecule has 2 aromatic heterocycles. The number of nitrogens with zero attached hydrogens (tertiary/aromatic N) is 1. The minimum Gasteiger partial charge on any atom is -0.439 e. The molecule has 0 radical (unpaired) electrons. The predicted octanol–water partition coefficient (Wildman–Crippen LogP) is 4.54. The predicted molar refractivity (Wildman–Crippen MR) is 101 cm³/mol. The van der Waals surface area contributed by atoms with Gasteiger partial charge in [0.05, 0.1) is 18.3 Å². The van der Waals surface area contributed by atoms with Gasteiger partial charge in [0.1, 0.15) is 5.75 Å². The maximum absolute atomic E-state index is 12.3. The lowest BCUT2D eigenvalue weighted by Gasteiger charge is -2.07. The molecule has 1 amide bonds. The Bertz CT molecular complexity index is 1020. The second-order valence-electron chi connectivity index (χ2n) is 5.92. The van der Waals surface area contributed by atoms with E-state index in [1.807, 2.05) is 60.8 Å². The summed E-state index contributed by atoms with van der Waals surface area (Å²) in [4.78, 5) is 19.6. The van der Waals surface area contributed by atoms with Crippen molar-refractivity contribution in [1.82, 2.24) is 9.97 Å². The Labute approximate surface area is 150 Å². The van der Waals surface area contributed by atoms with Gasteiger partial charge in [0.25, 0.3) is 0 Å². The Morgan fingerprint density at radius 1 is 1.04 bits per heavy atom. The van der Waals surface area contributed by atoms with E-state index in [0.29, 0.717) is 18.0 Å². The number of carbonyl (C=O) groups is 1. The molecule has 0 spiro atoms. The van der Waals surface area contributed by atoms with Crippen LogP contribution < -0.4 is 10.1 Å². The van der Waals surface area contributed by atoms with E-state index in [4.69, 9.17) is 4.74 Å². The van der Waals surface area contributed by atoms with Gasteiger partial charge in [0, 0.05) is 17.8 Å². The van der Waals surface area contributed by atoms with Crippen molar-refractivity contribution in [3.8, 4) is 11.6 Å². The first kappa shape index (κ1) is 15.9. The van der Waals surface area contributed by atoms with Gasteiger partial charge in [-0.15, -0.1) is 0 Å². The van der Waals surface area contributed by atoms with Crippen molar-refractivity contribution in [3.63, 3.8) is 0 Å². The van der Waals surface area contributed by atoms with Gasteiger partial charge in [-0.2, -0.15) is 0 Å². The molecule has 2 N–H and O–H groups in total. The van der Waals surface area contributed by atoms with E-state index in [1.165, 1.54) is 0 Å². The largest absolute Gasteiger partial charge is 0.439 e. The standard InChI is InChI=1S/C21H17N3O2/c25-20(13-15-6-8-19-16(12-15)10-11-22-19)24-17-7-9-21(23-14-17)26-18-4-2-1-3-5-18/h1-12,14,22H,13H2,(H,24,25). The van der Waals surface area contributed by atoms with Crippen LogP contribution in [0.2, 0.25) is 0 Å². The van der Waals surface area contributed by atoms with E-state index in [2.05, 4.69) is 15.3 Å². The van der Waals surface area contributed by atoms with Gasteiger partial charge in [0.2, 0.25) is 11.8 Å². The van der Waals surface area contributed by atoms with Crippen LogP contribution in [0.3, 0.4) is 0 Å². The number of nitrogens with one attached hydrogen (secondary N) is 2. The van der Waals surface area contributed by atoms with E-state index < -0.39 is 0 Å². The van der Waals surface area contributed by atoms with Crippen molar-refractivity contribution in [2.24, 2.45) is 0 Å². The molecule has 4 aromatic rings. The molecule has 26 heavy (non-hydrogen) atoms. The van der Waals surface area contributed by atoms with Gasteiger partial charge in [-0.3, -0.25) is 4.79 Å². The lowest BCUT2D eigenvalue weighted by atomic mass is 10.1. The molecule has 0 bridgehead atoms. The Kier molecular flexibility index (Phi) is 4.35. The number of aromatic amines is 1. The van der Waals surface area contributed by atoms with Crippen LogP contribution in [0.4, 0.5) is 5.69 Å². The molecule has 0 fully saturated rings. The topological polar surface area (TPSA) is 67.0 Å². The number of H-pyrrole nitrogens is 1. The summed E-state index contributed by atoms with van der Waals surface area (Å²) in [5, 5.41) is 3.96. The Balaban J connectivity index is 1.38. The van der Waals surface area contributed by atoms with Crippen LogP contribution in [0.5, 0.6) is 11.6 Å². The van der Waals surface area contributed by atoms with Crippen LogP contribution in [0.15, 0.2) is 79.1 Å². The summed E-state index contributed by atoms with van der Waals surface area (Å²) in [5.41, 5.74) is 2.66. The fraction of sp³-hybridized carbons (Fsp3) is 0.0476. The molecule has 0 aliphatic carbocycles. The van der Waals surface area contributed by atoms with Crippen LogP contribution in [-0.4, -0.2) is 15.9 Å². The number of ether oxygens (including phenoxy) is 1. The molecule has 0 aliphatic heterocycles. The number of hydrogen-bond acceptors (Lipinski definition) is 3. The van der Waals surface area contributed by atoms with E-state index >= 15 is 0 Å². The summed E-state index contributed by atoms with van der Waals surface area (Å²) < 4.78 is 5.64. The van der Waals surface area contributed by atoms with Crippen molar-refractivity contribution >= 4 is 22.5 Å². The van der Waals surface area contributed by atoms with E-state index in [1.54, 1.807) is 18.3 Å². The second kappa shape index (κ2) is 7.11. The molecule has 0 unspecified atom stereocenters. The Hall–Kier alpha value is -3.60. The highest BCUT2D eigenvalue weighted by molar-refractivity contribution is 5.93. The summed E-state index contributed by atoms with van der Waals surface area (Å²) in [6.45, 7) is 0. The molecule has 5 nitrogen and oxygen atoms in total. The number of carbonyl (C=O) groups excluding carboxylic acids is 1. The number of fused-ring (bicyclic) bond motifs is 1. The molecular formula is C21H17N3O2. The Morgan fingerprint density at radius 3 is 2.73 bits per heavy atom. The first-order valence-electron chi connectivity index (χ1n) is 8.31. The van der Waals surface area contributed by atoms with Gasteiger partial charge < -0.3 is 15.0 Å². The van der Waals surface area contributed by atoms with Crippen LogP contribution in [0, 0.1) is 0 Å². The van der Waals surface area contributed by atoms with Crippen molar-refractivity contribution in [3.05, 3.63) is 84.7 Å². The summed E-state index contributed by atoms with van der Waals surface area (Å²) in [7, 11) is 0. The number of aromatic nitrogens is 2. The first-order valence-corrected chi connectivity index (χ1v) is 8.31. The molecule has 128 valence electrons. The highest BCUT2D eigenvalue weighted by Gasteiger charge is 2.06. The van der Waals surface area contributed by atoms with Crippen molar-refractivity contribution < 1.29 is 9.53 Å². The third-order valence-corrected chi connectivity index (χ3v) is 3.97. The molecule has 5 heteroatoms. The van der Waals surface area contributed by atoms with Crippen LogP contribution in [0.1, 0.15) is 5.56 Å². The zero-order valence-corrected chi connectivity index (χ0v) is 14.0. The number of hydrogen-bond donors (Lipinski definition) is 2. The monoisotopic (exact) mass is 343 g/mol. The van der Waals surface area contributed by atoms with Crippen molar-refractivity contribution in [2.75, 3.05) is 5.32 Å². The average molecular weight is 343 g/mol. The maximum Gasteiger partial charge on any atom is 0.228 e. The lowest BCUT2D eigenvalue weighted by Crippen LogP contribution is -2.14. The molecule has 0 saturated carbocycles. The van der Waals surface area contributed by atoms with Gasteiger partial charge in [-0.05, 0) is 47.3 Å². The van der Waals surface area contributed by atoms with Crippen LogP contribution in [0.25, 0.3) is 10.9 Å². The summed E-state index contributed by atoms with van der Waals surface area (Å²) in [5.74, 6) is 1.11. The van der Waals surface area contributed by atoms with Gasteiger partial charge in [-0.25, -0.2) is 4.98 Å². The van der Waals surface area contributed by atoms with E-state index in [0.717, 1.165) is 22.2 Å². The lowest BCUT2D eigenvalue weighted by molar-refractivity contribution is -0.115. The number of benzene rings is 2. The molecule has 4 rings (SSSR count). The summed E-state index contributed by atoms with van der Waals surface area (Å²) in [6.07, 6.45) is 3.79. The normalized spacial score (nSPS) is 10.6. The van der Waals surface area contributed by atoms with Crippen molar-refractivity contribution in [1.29, 1.82) is 0 Å². The molecular weight excluding hydrogens is 326 g/mol. The number of para-hydroxylation sites is 1. The fourth-order valence-corrected chi connectivity index (χ4v) is 2.73. The smallest absolute Gasteiger partial charge is 0.228 e. The van der Waals surface area contributed by atoms with Gasteiger partial charge in [-0.1, -0.05) is 24.3 Å². The molecule has 2 aromatic carbocycles. The highest BCUT2D eigenvalue weighted by atomic mass is 16.5. The SMILES string of the molecule is O=C(Cc1ccc2[nH]ccc2c1)Nc1ccc(Oc2ccccc2)nc1. The molecule has 2 heterocycles. The minimum atomic E-state index is -0.0848. The van der Waals surface area contributed by atoms with Gasteiger partial charge >= 0.3 is 0 Å². The molecule has 0 saturated heterocycles. The third-order valence-electron chi connectivity index (χ3n) is 3.97. The second-order valence-corrected chi connectivity index (χ2v) is 5.92. The zero-order valence-electron chi connectivity index (χ0n) is 14.0. The quantitative estimate of drug-likeness (QED) is 0.559. The zero-order chi connectivity index (χ0) is 17.8. The fourth-order valence-electron chi connectivity index (χ4n) is 2.73. The average Bonchev–Trinajstić information content (AvgIpc) is 3.12. The first-order chi connectivity index (χ1) is 12.8.